The number of nitrogens with one attached hydrogen (secondary N) is 1. The molecule has 2 aromatic rings. The van der Waals surface area contributed by atoms with Crippen molar-refractivity contribution in [2.45, 2.75) is 19.4 Å². The van der Waals surface area contributed by atoms with E-state index in [1.807, 2.05) is 12.1 Å². The van der Waals surface area contributed by atoms with E-state index in [4.69, 9.17) is 4.42 Å². The summed E-state index contributed by atoms with van der Waals surface area (Å²) in [5.74, 6) is -0.308. The van der Waals surface area contributed by atoms with Gasteiger partial charge in [0, 0.05) is 38.8 Å². The van der Waals surface area contributed by atoms with Gasteiger partial charge in [-0.1, -0.05) is 6.07 Å². The van der Waals surface area contributed by atoms with E-state index in [0.717, 1.165) is 31.7 Å². The second-order valence-corrected chi connectivity index (χ2v) is 5.91. The first kappa shape index (κ1) is 13.4. The highest BCUT2D eigenvalue weighted by Gasteiger charge is 2.30. The maximum absolute atomic E-state index is 11.6. The minimum atomic E-state index is -0.308. The molecule has 1 fully saturated rings. The molecule has 1 aromatic heterocycles. The number of fused-ring (bicyclic) bond motifs is 1. The molecule has 0 radical (unpaired) electrons. The summed E-state index contributed by atoms with van der Waals surface area (Å²) in [7, 11) is 1.73. The molecular weight excluding hydrogens is 254 g/mol. The quantitative estimate of drug-likeness (QED) is 0.897. The van der Waals surface area contributed by atoms with Gasteiger partial charge in [-0.3, -0.25) is 9.47 Å². The van der Waals surface area contributed by atoms with E-state index in [-0.39, 0.29) is 11.3 Å². The van der Waals surface area contributed by atoms with Crippen molar-refractivity contribution in [3.8, 4) is 0 Å². The molecule has 5 heteroatoms. The number of hydrogen-bond donors (Lipinski definition) is 1. The number of hydrogen-bond acceptors (Lipinski definition) is 4. The van der Waals surface area contributed by atoms with Gasteiger partial charge in [0.1, 0.15) is 0 Å². The molecule has 108 valence electrons. The van der Waals surface area contributed by atoms with Gasteiger partial charge in [0.15, 0.2) is 5.58 Å². The number of aromatic nitrogens is 1. The summed E-state index contributed by atoms with van der Waals surface area (Å²) < 4.78 is 6.84. The average molecular weight is 275 g/mol. The van der Waals surface area contributed by atoms with Crippen LogP contribution in [0.1, 0.15) is 19.4 Å². The van der Waals surface area contributed by atoms with E-state index in [1.54, 1.807) is 7.05 Å². The first-order chi connectivity index (χ1) is 9.50. The van der Waals surface area contributed by atoms with Gasteiger partial charge in [-0.15, -0.1) is 0 Å². The fraction of sp³-hybridized carbons (Fsp3) is 0.533. The Morgan fingerprint density at radius 1 is 1.25 bits per heavy atom. The lowest BCUT2D eigenvalue weighted by atomic mass is 9.91. The maximum atomic E-state index is 11.6. The average Bonchev–Trinajstić information content (AvgIpc) is 2.74. The van der Waals surface area contributed by atoms with Crippen LogP contribution in [-0.2, 0) is 12.6 Å². The molecule has 1 saturated heterocycles. The van der Waals surface area contributed by atoms with Gasteiger partial charge in [0.25, 0.3) is 0 Å². The Hall–Kier alpha value is -1.59. The van der Waals surface area contributed by atoms with Crippen molar-refractivity contribution in [1.82, 2.24) is 14.8 Å². The SMILES string of the molecule is Cn1c(=O)oc2cc(C(C)(C)N3CCNCC3)ccc21. The molecule has 5 nitrogen and oxygen atoms in total. The Bertz CT molecular complexity index is 678. The standard InChI is InChI=1S/C15H21N3O2/c1-15(2,18-8-6-16-7-9-18)11-4-5-12-13(10-11)20-14(19)17(12)3/h4-5,10,16H,6-9H2,1-3H3. The lowest BCUT2D eigenvalue weighted by molar-refractivity contribution is 0.103. The van der Waals surface area contributed by atoms with Crippen LogP contribution in [0.25, 0.3) is 11.1 Å². The van der Waals surface area contributed by atoms with E-state index >= 15 is 0 Å². The van der Waals surface area contributed by atoms with Gasteiger partial charge in [-0.25, -0.2) is 4.79 Å². The van der Waals surface area contributed by atoms with Crippen molar-refractivity contribution < 1.29 is 4.42 Å². The summed E-state index contributed by atoms with van der Waals surface area (Å²) in [4.78, 5) is 14.0. The zero-order valence-corrected chi connectivity index (χ0v) is 12.3. The molecule has 0 unspecified atom stereocenters. The molecule has 0 atom stereocenters. The lowest BCUT2D eigenvalue weighted by Crippen LogP contribution is -2.51. The smallest absolute Gasteiger partial charge is 0.408 e. The Morgan fingerprint density at radius 3 is 2.65 bits per heavy atom. The van der Waals surface area contributed by atoms with E-state index in [2.05, 4.69) is 30.1 Å². The van der Waals surface area contributed by atoms with Crippen LogP contribution in [0.4, 0.5) is 0 Å². The van der Waals surface area contributed by atoms with Crippen molar-refractivity contribution in [3.05, 3.63) is 34.3 Å². The van der Waals surface area contributed by atoms with Gasteiger partial charge in [0.05, 0.1) is 5.52 Å². The highest BCUT2D eigenvalue weighted by atomic mass is 16.4. The normalized spacial score (nSPS) is 17.8. The molecule has 0 amide bonds. The molecule has 0 aliphatic carbocycles. The predicted octanol–water partition coefficient (Wildman–Crippen LogP) is 1.27. The van der Waals surface area contributed by atoms with Crippen LogP contribution in [0.15, 0.2) is 27.4 Å². The van der Waals surface area contributed by atoms with Crippen molar-refractivity contribution in [2.75, 3.05) is 26.2 Å². The molecule has 1 aliphatic rings. The second kappa shape index (κ2) is 4.75. The van der Waals surface area contributed by atoms with Gasteiger partial charge in [-0.05, 0) is 31.5 Å². The topological polar surface area (TPSA) is 50.4 Å². The molecule has 0 bridgehead atoms. The summed E-state index contributed by atoms with van der Waals surface area (Å²) in [6.07, 6.45) is 0. The monoisotopic (exact) mass is 275 g/mol. The van der Waals surface area contributed by atoms with Crippen LogP contribution in [-0.4, -0.2) is 35.6 Å². The van der Waals surface area contributed by atoms with Crippen LogP contribution in [0.5, 0.6) is 0 Å². The van der Waals surface area contributed by atoms with Crippen molar-refractivity contribution >= 4 is 11.1 Å². The van der Waals surface area contributed by atoms with Gasteiger partial charge in [0.2, 0.25) is 0 Å². The third-order valence-corrected chi connectivity index (χ3v) is 4.41. The fourth-order valence-electron chi connectivity index (χ4n) is 2.92. The maximum Gasteiger partial charge on any atom is 0.419 e. The van der Waals surface area contributed by atoms with Crippen LogP contribution in [0.3, 0.4) is 0 Å². The summed E-state index contributed by atoms with van der Waals surface area (Å²) >= 11 is 0. The lowest BCUT2D eigenvalue weighted by Gasteiger charge is -2.41. The predicted molar refractivity (Wildman–Crippen MR) is 78.9 cm³/mol. The first-order valence-corrected chi connectivity index (χ1v) is 7.06. The van der Waals surface area contributed by atoms with Crippen molar-refractivity contribution in [2.24, 2.45) is 7.05 Å². The number of piperazine rings is 1. The Morgan fingerprint density at radius 2 is 1.95 bits per heavy atom. The van der Waals surface area contributed by atoms with Crippen LogP contribution in [0, 0.1) is 0 Å². The van der Waals surface area contributed by atoms with Crippen molar-refractivity contribution in [3.63, 3.8) is 0 Å². The Kier molecular flexibility index (Phi) is 3.18. The fourth-order valence-corrected chi connectivity index (χ4v) is 2.92. The molecule has 2 heterocycles. The summed E-state index contributed by atoms with van der Waals surface area (Å²) in [6.45, 7) is 8.55. The number of nitrogens with zero attached hydrogens (tertiary/aromatic N) is 2. The van der Waals surface area contributed by atoms with Crippen LogP contribution in [0.2, 0.25) is 0 Å². The van der Waals surface area contributed by atoms with E-state index in [1.165, 1.54) is 10.1 Å². The second-order valence-electron chi connectivity index (χ2n) is 5.91. The first-order valence-electron chi connectivity index (χ1n) is 7.06. The van der Waals surface area contributed by atoms with Gasteiger partial charge >= 0.3 is 5.76 Å². The minimum absolute atomic E-state index is 0.0648. The van der Waals surface area contributed by atoms with E-state index < -0.39 is 0 Å². The molecule has 0 spiro atoms. The number of rotatable bonds is 2. The Balaban J connectivity index is 2.02. The van der Waals surface area contributed by atoms with Gasteiger partial charge in [-0.2, -0.15) is 0 Å². The van der Waals surface area contributed by atoms with Crippen LogP contribution >= 0.6 is 0 Å². The molecule has 3 rings (SSSR count). The molecular formula is C15H21N3O2. The third-order valence-electron chi connectivity index (χ3n) is 4.41. The molecule has 1 aliphatic heterocycles. The Labute approximate surface area is 118 Å². The number of oxazole rings is 1. The molecule has 1 aromatic carbocycles. The number of aryl methyl sites for hydroxylation is 1. The zero-order valence-electron chi connectivity index (χ0n) is 12.3. The summed E-state index contributed by atoms with van der Waals surface area (Å²) in [5, 5.41) is 3.37. The van der Waals surface area contributed by atoms with Crippen molar-refractivity contribution in [1.29, 1.82) is 0 Å². The third kappa shape index (κ3) is 2.07. The van der Waals surface area contributed by atoms with E-state index in [9.17, 15) is 4.79 Å². The minimum Gasteiger partial charge on any atom is -0.408 e. The molecule has 1 N–H and O–H groups in total. The molecule has 0 saturated carbocycles. The van der Waals surface area contributed by atoms with Gasteiger partial charge < -0.3 is 9.73 Å². The molecule has 20 heavy (non-hydrogen) atoms. The zero-order chi connectivity index (χ0) is 14.3. The highest BCUT2D eigenvalue weighted by Crippen LogP contribution is 2.30. The van der Waals surface area contributed by atoms with Crippen LogP contribution < -0.4 is 11.1 Å². The highest BCUT2D eigenvalue weighted by molar-refractivity contribution is 5.74. The largest absolute Gasteiger partial charge is 0.419 e. The number of benzene rings is 1. The van der Waals surface area contributed by atoms with E-state index in [0.29, 0.717) is 5.58 Å². The summed E-state index contributed by atoms with van der Waals surface area (Å²) in [6, 6.07) is 6.07. The summed E-state index contributed by atoms with van der Waals surface area (Å²) in [5.41, 5.74) is 2.62.